The standard InChI is InChI=1S/C16H27N5/c1-16(7-3-2-4-8-16)14-18-15(20-19-14)21-10-12-6-5-9-17-13(12)11-21/h12-13,17H,2-11H2,1H3,(H,18,19,20). The van der Waals surface area contributed by atoms with Crippen molar-refractivity contribution in [1.29, 1.82) is 0 Å². The highest BCUT2D eigenvalue weighted by atomic mass is 15.4. The van der Waals surface area contributed by atoms with Gasteiger partial charge < -0.3 is 10.2 Å². The number of nitrogens with one attached hydrogen (secondary N) is 2. The van der Waals surface area contributed by atoms with E-state index in [1.54, 1.807) is 0 Å². The van der Waals surface area contributed by atoms with Crippen molar-refractivity contribution in [2.75, 3.05) is 24.5 Å². The number of fused-ring (bicyclic) bond motifs is 1. The summed E-state index contributed by atoms with van der Waals surface area (Å²) >= 11 is 0. The third kappa shape index (κ3) is 2.45. The van der Waals surface area contributed by atoms with Crippen LogP contribution in [0.2, 0.25) is 0 Å². The Morgan fingerprint density at radius 2 is 2.00 bits per heavy atom. The maximum atomic E-state index is 4.88. The van der Waals surface area contributed by atoms with Gasteiger partial charge in [0.15, 0.2) is 0 Å². The zero-order valence-corrected chi connectivity index (χ0v) is 13.1. The number of rotatable bonds is 2. The molecule has 3 heterocycles. The average Bonchev–Trinajstić information content (AvgIpc) is 3.15. The van der Waals surface area contributed by atoms with Gasteiger partial charge in [-0.25, -0.2) is 0 Å². The maximum Gasteiger partial charge on any atom is 0.244 e. The van der Waals surface area contributed by atoms with Gasteiger partial charge in [0.2, 0.25) is 5.95 Å². The second kappa shape index (κ2) is 5.27. The molecule has 1 aromatic heterocycles. The fourth-order valence-electron chi connectivity index (χ4n) is 4.44. The van der Waals surface area contributed by atoms with Crippen LogP contribution in [0.5, 0.6) is 0 Å². The molecule has 5 nitrogen and oxygen atoms in total. The van der Waals surface area contributed by atoms with Gasteiger partial charge in [0.25, 0.3) is 0 Å². The first-order valence-electron chi connectivity index (χ1n) is 8.66. The number of aromatic nitrogens is 3. The predicted molar refractivity (Wildman–Crippen MR) is 83.5 cm³/mol. The SMILES string of the molecule is CC1(c2nc(N3CC4CCCNC4C3)n[nH]2)CCCCC1. The normalized spacial score (nSPS) is 32.1. The van der Waals surface area contributed by atoms with Crippen molar-refractivity contribution >= 4 is 5.95 Å². The summed E-state index contributed by atoms with van der Waals surface area (Å²) in [5.41, 5.74) is 0.217. The molecule has 1 aromatic rings. The van der Waals surface area contributed by atoms with Crippen LogP contribution in [0, 0.1) is 5.92 Å². The third-order valence-corrected chi connectivity index (χ3v) is 5.88. The van der Waals surface area contributed by atoms with Gasteiger partial charge in [-0.15, -0.1) is 5.10 Å². The minimum atomic E-state index is 0.217. The molecule has 0 bridgehead atoms. The molecular formula is C16H27N5. The van der Waals surface area contributed by atoms with Crippen LogP contribution in [-0.2, 0) is 5.41 Å². The zero-order chi connectivity index (χ0) is 14.3. The van der Waals surface area contributed by atoms with Crippen molar-refractivity contribution < 1.29 is 0 Å². The Balaban J connectivity index is 1.49. The van der Waals surface area contributed by atoms with Crippen LogP contribution in [0.1, 0.15) is 57.7 Å². The molecule has 0 aromatic carbocycles. The monoisotopic (exact) mass is 289 g/mol. The first-order chi connectivity index (χ1) is 10.2. The van der Waals surface area contributed by atoms with Crippen molar-refractivity contribution in [3.63, 3.8) is 0 Å². The maximum absolute atomic E-state index is 4.88. The second-order valence-electron chi connectivity index (χ2n) is 7.47. The van der Waals surface area contributed by atoms with Crippen LogP contribution in [0.25, 0.3) is 0 Å². The number of anilines is 1. The summed E-state index contributed by atoms with van der Waals surface area (Å²) in [6.07, 6.45) is 9.17. The number of hydrogen-bond acceptors (Lipinski definition) is 4. The van der Waals surface area contributed by atoms with E-state index in [1.165, 1.54) is 51.5 Å². The van der Waals surface area contributed by atoms with Gasteiger partial charge >= 0.3 is 0 Å². The highest BCUT2D eigenvalue weighted by Crippen LogP contribution is 2.38. The van der Waals surface area contributed by atoms with Gasteiger partial charge in [-0.05, 0) is 38.1 Å². The van der Waals surface area contributed by atoms with Crippen LogP contribution in [0.4, 0.5) is 5.95 Å². The Kier molecular flexibility index (Phi) is 3.40. The van der Waals surface area contributed by atoms with Crippen LogP contribution in [0.15, 0.2) is 0 Å². The smallest absolute Gasteiger partial charge is 0.244 e. The molecular weight excluding hydrogens is 262 g/mol. The molecule has 2 aliphatic heterocycles. The fraction of sp³-hybridized carbons (Fsp3) is 0.875. The molecule has 0 amide bonds. The highest BCUT2D eigenvalue weighted by molar-refractivity contribution is 5.33. The molecule has 0 spiro atoms. The van der Waals surface area contributed by atoms with Crippen LogP contribution >= 0.6 is 0 Å². The minimum Gasteiger partial charge on any atom is -0.338 e. The molecule has 5 heteroatoms. The molecule has 116 valence electrons. The van der Waals surface area contributed by atoms with Crippen molar-refractivity contribution in [3.05, 3.63) is 5.82 Å². The Hall–Kier alpha value is -1.10. The first-order valence-corrected chi connectivity index (χ1v) is 8.66. The lowest BCUT2D eigenvalue weighted by atomic mass is 9.75. The van der Waals surface area contributed by atoms with Crippen molar-refractivity contribution in [2.24, 2.45) is 5.92 Å². The lowest BCUT2D eigenvalue weighted by molar-refractivity contribution is 0.305. The molecule has 2 atom stereocenters. The van der Waals surface area contributed by atoms with E-state index in [-0.39, 0.29) is 5.41 Å². The van der Waals surface area contributed by atoms with E-state index in [4.69, 9.17) is 4.98 Å². The second-order valence-corrected chi connectivity index (χ2v) is 7.47. The van der Waals surface area contributed by atoms with Gasteiger partial charge in [0.05, 0.1) is 0 Å². The lowest BCUT2D eigenvalue weighted by Crippen LogP contribution is -2.40. The highest BCUT2D eigenvalue weighted by Gasteiger charge is 2.37. The lowest BCUT2D eigenvalue weighted by Gasteiger charge is -2.31. The van der Waals surface area contributed by atoms with E-state index in [9.17, 15) is 0 Å². The Morgan fingerprint density at radius 1 is 1.14 bits per heavy atom. The summed E-state index contributed by atoms with van der Waals surface area (Å²) in [6.45, 7) is 5.71. The number of hydrogen-bond donors (Lipinski definition) is 2. The Bertz CT molecular complexity index is 477. The molecule has 4 rings (SSSR count). The Labute approximate surface area is 126 Å². The number of aromatic amines is 1. The number of piperidine rings is 1. The molecule has 0 radical (unpaired) electrons. The van der Waals surface area contributed by atoms with Gasteiger partial charge in [-0.2, -0.15) is 4.98 Å². The summed E-state index contributed by atoms with van der Waals surface area (Å²) in [6, 6.07) is 0.644. The summed E-state index contributed by atoms with van der Waals surface area (Å²) in [7, 11) is 0. The van der Waals surface area contributed by atoms with Gasteiger partial charge in [0.1, 0.15) is 5.82 Å². The van der Waals surface area contributed by atoms with Crippen LogP contribution < -0.4 is 10.2 Å². The minimum absolute atomic E-state index is 0.217. The third-order valence-electron chi connectivity index (χ3n) is 5.88. The van der Waals surface area contributed by atoms with Gasteiger partial charge in [-0.1, -0.05) is 26.2 Å². The molecule has 1 aliphatic carbocycles. The van der Waals surface area contributed by atoms with Crippen LogP contribution in [0.3, 0.4) is 0 Å². The van der Waals surface area contributed by atoms with E-state index >= 15 is 0 Å². The summed E-state index contributed by atoms with van der Waals surface area (Å²) in [4.78, 5) is 7.25. The fourth-order valence-corrected chi connectivity index (χ4v) is 4.44. The van der Waals surface area contributed by atoms with Crippen LogP contribution in [-0.4, -0.2) is 40.9 Å². The van der Waals surface area contributed by atoms with Gasteiger partial charge in [-0.3, -0.25) is 5.10 Å². The van der Waals surface area contributed by atoms with E-state index < -0.39 is 0 Å². The predicted octanol–water partition coefficient (Wildman–Crippen LogP) is 2.21. The van der Waals surface area contributed by atoms with E-state index in [0.29, 0.717) is 6.04 Å². The van der Waals surface area contributed by atoms with Crippen molar-refractivity contribution in [3.8, 4) is 0 Å². The van der Waals surface area contributed by atoms with E-state index in [1.807, 2.05) is 0 Å². The first kappa shape index (κ1) is 13.6. The quantitative estimate of drug-likeness (QED) is 0.876. The van der Waals surface area contributed by atoms with E-state index in [2.05, 4.69) is 27.3 Å². The van der Waals surface area contributed by atoms with Crippen molar-refractivity contribution in [1.82, 2.24) is 20.5 Å². The molecule has 3 fully saturated rings. The largest absolute Gasteiger partial charge is 0.338 e. The molecule has 2 N–H and O–H groups in total. The average molecular weight is 289 g/mol. The molecule has 1 saturated carbocycles. The summed E-state index contributed by atoms with van der Waals surface area (Å²) in [5.74, 6) is 2.82. The number of nitrogens with zero attached hydrogens (tertiary/aromatic N) is 3. The zero-order valence-electron chi connectivity index (χ0n) is 13.1. The van der Waals surface area contributed by atoms with Crippen molar-refractivity contribution in [2.45, 2.75) is 63.3 Å². The van der Waals surface area contributed by atoms with Gasteiger partial charge in [0, 0.05) is 24.5 Å². The molecule has 2 unspecified atom stereocenters. The summed E-state index contributed by atoms with van der Waals surface area (Å²) in [5, 5.41) is 11.4. The summed E-state index contributed by atoms with van der Waals surface area (Å²) < 4.78 is 0. The topological polar surface area (TPSA) is 56.8 Å². The molecule has 3 aliphatic rings. The Morgan fingerprint density at radius 3 is 2.81 bits per heavy atom. The number of H-pyrrole nitrogens is 1. The molecule has 2 saturated heterocycles. The molecule has 21 heavy (non-hydrogen) atoms. The van der Waals surface area contributed by atoms with E-state index in [0.717, 1.165) is 30.8 Å².